The summed E-state index contributed by atoms with van der Waals surface area (Å²) in [5, 5.41) is 6.88. The van der Waals surface area contributed by atoms with E-state index in [0.29, 0.717) is 22.7 Å². The summed E-state index contributed by atoms with van der Waals surface area (Å²) in [6, 6.07) is 5.87. The molecule has 122 valence electrons. The van der Waals surface area contributed by atoms with Crippen LogP contribution in [0.15, 0.2) is 24.3 Å². The van der Waals surface area contributed by atoms with Crippen LogP contribution in [0.1, 0.15) is 9.67 Å². The largest absolute Gasteiger partial charge is 0.379 e. The molecule has 1 saturated heterocycles. The minimum Gasteiger partial charge on any atom is -0.379 e. The number of benzene rings is 1. The molecule has 1 aliphatic rings. The lowest BCUT2D eigenvalue weighted by Gasteiger charge is -2.26. The molecular weight excluding hydrogens is 319 g/mol. The topological polar surface area (TPSA) is 67.4 Å². The maximum Gasteiger partial charge on any atom is 0.265 e. The Labute approximate surface area is 137 Å². The SMILES string of the molecule is O=C(NCCN1CCOCC1)c1snnc1-c1ccc(F)cc1. The van der Waals surface area contributed by atoms with Crippen molar-refractivity contribution in [3.63, 3.8) is 0 Å². The Morgan fingerprint density at radius 1 is 1.30 bits per heavy atom. The number of hydrogen-bond acceptors (Lipinski definition) is 6. The Morgan fingerprint density at radius 3 is 2.78 bits per heavy atom. The van der Waals surface area contributed by atoms with E-state index in [1.165, 1.54) is 12.1 Å². The van der Waals surface area contributed by atoms with Crippen molar-refractivity contribution in [1.29, 1.82) is 0 Å². The highest BCUT2D eigenvalue weighted by atomic mass is 32.1. The molecule has 2 heterocycles. The molecule has 0 aliphatic carbocycles. The van der Waals surface area contributed by atoms with Crippen molar-refractivity contribution in [2.45, 2.75) is 0 Å². The fraction of sp³-hybridized carbons (Fsp3) is 0.400. The summed E-state index contributed by atoms with van der Waals surface area (Å²) in [5.41, 5.74) is 1.16. The summed E-state index contributed by atoms with van der Waals surface area (Å²) in [5.74, 6) is -0.527. The second-order valence-corrected chi connectivity index (χ2v) is 5.92. The van der Waals surface area contributed by atoms with Crippen LogP contribution in [-0.4, -0.2) is 59.8 Å². The van der Waals surface area contributed by atoms with Gasteiger partial charge in [0.1, 0.15) is 16.4 Å². The van der Waals surface area contributed by atoms with Crippen molar-refractivity contribution >= 4 is 17.4 Å². The Bertz CT molecular complexity index is 656. The van der Waals surface area contributed by atoms with Crippen LogP contribution in [0.25, 0.3) is 11.3 Å². The van der Waals surface area contributed by atoms with Gasteiger partial charge in [0.15, 0.2) is 0 Å². The van der Waals surface area contributed by atoms with Gasteiger partial charge in [-0.1, -0.05) is 4.49 Å². The van der Waals surface area contributed by atoms with Crippen LogP contribution < -0.4 is 5.32 Å². The summed E-state index contributed by atoms with van der Waals surface area (Å²) < 4.78 is 22.1. The average Bonchev–Trinajstić information content (AvgIpc) is 3.06. The van der Waals surface area contributed by atoms with E-state index in [9.17, 15) is 9.18 Å². The molecule has 1 amide bonds. The van der Waals surface area contributed by atoms with E-state index in [2.05, 4.69) is 19.8 Å². The zero-order chi connectivity index (χ0) is 16.1. The molecular formula is C15H17FN4O2S. The van der Waals surface area contributed by atoms with E-state index in [1.54, 1.807) is 12.1 Å². The third kappa shape index (κ3) is 4.10. The number of ether oxygens (including phenoxy) is 1. The van der Waals surface area contributed by atoms with Gasteiger partial charge in [-0.25, -0.2) is 4.39 Å². The standard InChI is InChI=1S/C15H17FN4O2S/c16-12-3-1-11(2-4-12)13-14(23-19-18-13)15(21)17-5-6-20-7-9-22-10-8-20/h1-4H,5-10H2,(H,17,21). The normalized spacial score (nSPS) is 15.5. The van der Waals surface area contributed by atoms with Gasteiger partial charge in [-0.2, -0.15) is 0 Å². The molecule has 6 nitrogen and oxygen atoms in total. The van der Waals surface area contributed by atoms with Gasteiger partial charge in [-0.15, -0.1) is 5.10 Å². The van der Waals surface area contributed by atoms with Crippen LogP contribution in [-0.2, 0) is 4.74 Å². The number of amides is 1. The minimum atomic E-state index is -0.326. The highest BCUT2D eigenvalue weighted by Gasteiger charge is 2.18. The molecule has 2 aromatic rings. The molecule has 0 radical (unpaired) electrons. The lowest BCUT2D eigenvalue weighted by molar-refractivity contribution is 0.0383. The van der Waals surface area contributed by atoms with E-state index in [0.717, 1.165) is 44.4 Å². The number of halogens is 1. The number of morpholine rings is 1. The highest BCUT2D eigenvalue weighted by Crippen LogP contribution is 2.23. The second-order valence-electron chi connectivity index (χ2n) is 5.17. The molecule has 23 heavy (non-hydrogen) atoms. The van der Waals surface area contributed by atoms with Gasteiger partial charge in [-0.3, -0.25) is 9.69 Å². The van der Waals surface area contributed by atoms with Crippen molar-refractivity contribution in [3.05, 3.63) is 35.0 Å². The van der Waals surface area contributed by atoms with Crippen molar-refractivity contribution in [1.82, 2.24) is 19.8 Å². The number of aromatic nitrogens is 2. The first kappa shape index (κ1) is 16.0. The Kier molecular flexibility index (Phi) is 5.27. The lowest BCUT2D eigenvalue weighted by Crippen LogP contribution is -2.41. The van der Waals surface area contributed by atoms with E-state index in [4.69, 9.17) is 4.74 Å². The van der Waals surface area contributed by atoms with Gasteiger partial charge in [0.05, 0.1) is 13.2 Å². The molecule has 0 bridgehead atoms. The average molecular weight is 336 g/mol. The molecule has 1 N–H and O–H groups in total. The monoisotopic (exact) mass is 336 g/mol. The molecule has 1 fully saturated rings. The summed E-state index contributed by atoms with van der Waals surface area (Å²) in [7, 11) is 0. The van der Waals surface area contributed by atoms with Crippen LogP contribution in [0.4, 0.5) is 4.39 Å². The van der Waals surface area contributed by atoms with Gasteiger partial charge in [-0.05, 0) is 35.8 Å². The van der Waals surface area contributed by atoms with Crippen LogP contribution in [0.5, 0.6) is 0 Å². The van der Waals surface area contributed by atoms with Crippen LogP contribution in [0, 0.1) is 5.82 Å². The van der Waals surface area contributed by atoms with E-state index in [-0.39, 0.29) is 11.7 Å². The number of rotatable bonds is 5. The number of carbonyl (C=O) groups is 1. The lowest BCUT2D eigenvalue weighted by atomic mass is 10.1. The zero-order valence-electron chi connectivity index (χ0n) is 12.5. The van der Waals surface area contributed by atoms with Gasteiger partial charge >= 0.3 is 0 Å². The number of nitrogens with one attached hydrogen (secondary N) is 1. The fourth-order valence-electron chi connectivity index (χ4n) is 2.37. The molecule has 1 aromatic heterocycles. The number of carbonyl (C=O) groups excluding carboxylic acids is 1. The predicted molar refractivity (Wildman–Crippen MR) is 84.9 cm³/mol. The quantitative estimate of drug-likeness (QED) is 0.894. The van der Waals surface area contributed by atoms with Crippen LogP contribution >= 0.6 is 11.5 Å². The van der Waals surface area contributed by atoms with E-state index >= 15 is 0 Å². The predicted octanol–water partition coefficient (Wildman–Crippen LogP) is 1.41. The van der Waals surface area contributed by atoms with E-state index in [1.807, 2.05) is 0 Å². The van der Waals surface area contributed by atoms with Crippen LogP contribution in [0.2, 0.25) is 0 Å². The Hall–Kier alpha value is -1.90. The summed E-state index contributed by atoms with van der Waals surface area (Å²) in [4.78, 5) is 15.0. The third-order valence-electron chi connectivity index (χ3n) is 3.63. The Morgan fingerprint density at radius 2 is 2.04 bits per heavy atom. The Balaban J connectivity index is 1.59. The first-order chi connectivity index (χ1) is 11.2. The first-order valence-electron chi connectivity index (χ1n) is 7.40. The maximum absolute atomic E-state index is 13.0. The molecule has 8 heteroatoms. The molecule has 1 aliphatic heterocycles. The smallest absolute Gasteiger partial charge is 0.265 e. The minimum absolute atomic E-state index is 0.201. The second kappa shape index (κ2) is 7.58. The van der Waals surface area contributed by atoms with Gasteiger partial charge in [0, 0.05) is 31.7 Å². The number of hydrogen-bond donors (Lipinski definition) is 1. The summed E-state index contributed by atoms with van der Waals surface area (Å²) >= 11 is 1.04. The summed E-state index contributed by atoms with van der Waals surface area (Å²) in [6.07, 6.45) is 0. The highest BCUT2D eigenvalue weighted by molar-refractivity contribution is 7.08. The van der Waals surface area contributed by atoms with Crippen molar-refractivity contribution < 1.29 is 13.9 Å². The maximum atomic E-state index is 13.0. The molecule has 3 rings (SSSR count). The van der Waals surface area contributed by atoms with Gasteiger partial charge in [0.25, 0.3) is 5.91 Å². The zero-order valence-corrected chi connectivity index (χ0v) is 13.3. The van der Waals surface area contributed by atoms with Crippen molar-refractivity contribution in [2.75, 3.05) is 39.4 Å². The third-order valence-corrected chi connectivity index (χ3v) is 4.35. The fourth-order valence-corrected chi connectivity index (χ4v) is 2.97. The first-order valence-corrected chi connectivity index (χ1v) is 8.18. The van der Waals surface area contributed by atoms with Gasteiger partial charge < -0.3 is 10.1 Å². The van der Waals surface area contributed by atoms with Gasteiger partial charge in [0.2, 0.25) is 0 Å². The summed E-state index contributed by atoms with van der Waals surface area (Å²) in [6.45, 7) is 4.59. The molecule has 0 spiro atoms. The van der Waals surface area contributed by atoms with Crippen molar-refractivity contribution in [2.24, 2.45) is 0 Å². The molecule has 0 saturated carbocycles. The van der Waals surface area contributed by atoms with Crippen molar-refractivity contribution in [3.8, 4) is 11.3 Å². The van der Waals surface area contributed by atoms with Crippen LogP contribution in [0.3, 0.4) is 0 Å². The molecule has 1 aromatic carbocycles. The van der Waals surface area contributed by atoms with E-state index < -0.39 is 0 Å². The molecule has 0 atom stereocenters. The molecule has 0 unspecified atom stereocenters. The number of nitrogens with zero attached hydrogens (tertiary/aromatic N) is 3.